The standard InChI is InChI=1S/C17H28N2O2/c1-4-9-19(10-12-20-3)11-13-21-17-8-6-7-16(14-17)15-18-5-2/h4,6-8,14,18H,1,5,9-13,15H2,2-3H3. The predicted octanol–water partition coefficient (Wildman–Crippen LogP) is 2.31. The Balaban J connectivity index is 2.37. The molecule has 1 N–H and O–H groups in total. The molecule has 1 aromatic carbocycles. The molecule has 0 spiro atoms. The summed E-state index contributed by atoms with van der Waals surface area (Å²) < 4.78 is 11.0. The molecule has 21 heavy (non-hydrogen) atoms. The van der Waals surface area contributed by atoms with Gasteiger partial charge in [0, 0.05) is 33.3 Å². The van der Waals surface area contributed by atoms with Gasteiger partial charge in [0.15, 0.2) is 0 Å². The Hall–Kier alpha value is -1.36. The Morgan fingerprint density at radius 3 is 2.81 bits per heavy atom. The zero-order valence-electron chi connectivity index (χ0n) is 13.3. The van der Waals surface area contributed by atoms with Crippen molar-refractivity contribution >= 4 is 0 Å². The first-order chi connectivity index (χ1) is 10.3. The van der Waals surface area contributed by atoms with Crippen molar-refractivity contribution in [2.24, 2.45) is 0 Å². The van der Waals surface area contributed by atoms with Crippen molar-refractivity contribution in [2.45, 2.75) is 13.5 Å². The molecule has 0 bridgehead atoms. The molecule has 1 aromatic rings. The molecular formula is C17H28N2O2. The summed E-state index contributed by atoms with van der Waals surface area (Å²) in [6, 6.07) is 8.24. The smallest absolute Gasteiger partial charge is 0.119 e. The summed E-state index contributed by atoms with van der Waals surface area (Å²) in [5, 5.41) is 3.32. The van der Waals surface area contributed by atoms with Crippen LogP contribution in [0.2, 0.25) is 0 Å². The third-order valence-electron chi connectivity index (χ3n) is 3.15. The number of rotatable bonds is 12. The van der Waals surface area contributed by atoms with Crippen molar-refractivity contribution in [3.8, 4) is 5.75 Å². The Labute approximate surface area is 128 Å². The molecule has 0 saturated carbocycles. The molecule has 4 heteroatoms. The third kappa shape index (κ3) is 7.85. The molecule has 118 valence electrons. The maximum atomic E-state index is 5.84. The minimum atomic E-state index is 0.669. The zero-order chi connectivity index (χ0) is 15.3. The minimum Gasteiger partial charge on any atom is -0.492 e. The molecule has 0 heterocycles. The van der Waals surface area contributed by atoms with Crippen LogP contribution in [0.3, 0.4) is 0 Å². The van der Waals surface area contributed by atoms with Gasteiger partial charge >= 0.3 is 0 Å². The lowest BCUT2D eigenvalue weighted by Gasteiger charge is -2.20. The lowest BCUT2D eigenvalue weighted by molar-refractivity contribution is 0.142. The minimum absolute atomic E-state index is 0.669. The summed E-state index contributed by atoms with van der Waals surface area (Å²) in [4.78, 5) is 2.26. The van der Waals surface area contributed by atoms with E-state index < -0.39 is 0 Å². The molecule has 0 aliphatic rings. The van der Waals surface area contributed by atoms with E-state index in [0.29, 0.717) is 6.61 Å². The molecule has 0 aromatic heterocycles. The molecule has 0 amide bonds. The van der Waals surface area contributed by atoms with E-state index in [0.717, 1.165) is 45.1 Å². The summed E-state index contributed by atoms with van der Waals surface area (Å²) in [6.45, 7) is 11.8. The van der Waals surface area contributed by atoms with Crippen molar-refractivity contribution in [1.82, 2.24) is 10.2 Å². The van der Waals surface area contributed by atoms with Crippen LogP contribution >= 0.6 is 0 Å². The highest BCUT2D eigenvalue weighted by Gasteiger charge is 2.03. The SMILES string of the molecule is C=CCN(CCOC)CCOc1cccc(CNCC)c1. The number of methoxy groups -OCH3 is 1. The number of nitrogens with zero attached hydrogens (tertiary/aromatic N) is 1. The normalized spacial score (nSPS) is 10.8. The van der Waals surface area contributed by atoms with E-state index in [9.17, 15) is 0 Å². The highest BCUT2D eigenvalue weighted by molar-refractivity contribution is 5.28. The maximum absolute atomic E-state index is 5.84. The Kier molecular flexibility index (Phi) is 9.53. The van der Waals surface area contributed by atoms with E-state index in [-0.39, 0.29) is 0 Å². The second-order valence-electron chi connectivity index (χ2n) is 4.86. The molecular weight excluding hydrogens is 264 g/mol. The van der Waals surface area contributed by atoms with Crippen LogP contribution in [0.5, 0.6) is 5.75 Å². The summed E-state index contributed by atoms with van der Waals surface area (Å²) in [7, 11) is 1.72. The van der Waals surface area contributed by atoms with Crippen LogP contribution in [0.15, 0.2) is 36.9 Å². The van der Waals surface area contributed by atoms with Crippen LogP contribution in [0.4, 0.5) is 0 Å². The van der Waals surface area contributed by atoms with E-state index in [4.69, 9.17) is 9.47 Å². The fourth-order valence-electron chi connectivity index (χ4n) is 2.00. The Morgan fingerprint density at radius 2 is 2.10 bits per heavy atom. The van der Waals surface area contributed by atoms with Crippen LogP contribution in [-0.4, -0.2) is 51.4 Å². The van der Waals surface area contributed by atoms with Gasteiger partial charge in [-0.1, -0.05) is 25.1 Å². The lowest BCUT2D eigenvalue weighted by atomic mass is 10.2. The highest BCUT2D eigenvalue weighted by Crippen LogP contribution is 2.13. The Morgan fingerprint density at radius 1 is 1.29 bits per heavy atom. The van der Waals surface area contributed by atoms with Gasteiger partial charge in [-0.25, -0.2) is 0 Å². The molecule has 4 nitrogen and oxygen atoms in total. The van der Waals surface area contributed by atoms with Gasteiger partial charge in [-0.2, -0.15) is 0 Å². The van der Waals surface area contributed by atoms with Gasteiger partial charge in [0.05, 0.1) is 6.61 Å². The van der Waals surface area contributed by atoms with Gasteiger partial charge in [0.2, 0.25) is 0 Å². The maximum Gasteiger partial charge on any atom is 0.119 e. The second kappa shape index (κ2) is 11.3. The largest absolute Gasteiger partial charge is 0.492 e. The molecule has 0 radical (unpaired) electrons. The second-order valence-corrected chi connectivity index (χ2v) is 4.86. The molecule has 1 rings (SSSR count). The molecule has 0 atom stereocenters. The first-order valence-electron chi connectivity index (χ1n) is 7.54. The first kappa shape index (κ1) is 17.7. The molecule has 0 saturated heterocycles. The van der Waals surface area contributed by atoms with Gasteiger partial charge in [0.1, 0.15) is 12.4 Å². The third-order valence-corrected chi connectivity index (χ3v) is 3.15. The Bertz CT molecular complexity index is 396. The van der Waals surface area contributed by atoms with Crippen LogP contribution in [0, 0.1) is 0 Å². The van der Waals surface area contributed by atoms with Crippen molar-refractivity contribution in [3.05, 3.63) is 42.5 Å². The topological polar surface area (TPSA) is 33.7 Å². The van der Waals surface area contributed by atoms with Crippen LogP contribution in [0.1, 0.15) is 12.5 Å². The van der Waals surface area contributed by atoms with Crippen molar-refractivity contribution in [1.29, 1.82) is 0 Å². The fourth-order valence-corrected chi connectivity index (χ4v) is 2.00. The van der Waals surface area contributed by atoms with E-state index in [1.165, 1.54) is 5.56 Å². The van der Waals surface area contributed by atoms with Crippen LogP contribution in [0.25, 0.3) is 0 Å². The molecule has 0 aliphatic carbocycles. The summed E-state index contributed by atoms with van der Waals surface area (Å²) >= 11 is 0. The number of hydrogen-bond acceptors (Lipinski definition) is 4. The van der Waals surface area contributed by atoms with Gasteiger partial charge in [-0.15, -0.1) is 6.58 Å². The molecule has 0 unspecified atom stereocenters. The first-order valence-corrected chi connectivity index (χ1v) is 7.54. The van der Waals surface area contributed by atoms with Gasteiger partial charge in [-0.3, -0.25) is 4.90 Å². The highest BCUT2D eigenvalue weighted by atomic mass is 16.5. The van der Waals surface area contributed by atoms with Crippen molar-refractivity contribution < 1.29 is 9.47 Å². The van der Waals surface area contributed by atoms with Gasteiger partial charge < -0.3 is 14.8 Å². The quantitative estimate of drug-likeness (QED) is 0.599. The number of ether oxygens (including phenoxy) is 2. The lowest BCUT2D eigenvalue weighted by Crippen LogP contribution is -2.31. The van der Waals surface area contributed by atoms with Gasteiger partial charge in [-0.05, 0) is 24.2 Å². The fraction of sp³-hybridized carbons (Fsp3) is 0.529. The predicted molar refractivity (Wildman–Crippen MR) is 87.8 cm³/mol. The van der Waals surface area contributed by atoms with E-state index in [1.807, 2.05) is 18.2 Å². The average molecular weight is 292 g/mol. The average Bonchev–Trinajstić information content (AvgIpc) is 2.51. The van der Waals surface area contributed by atoms with Gasteiger partial charge in [0.25, 0.3) is 0 Å². The van der Waals surface area contributed by atoms with Crippen LogP contribution < -0.4 is 10.1 Å². The molecule has 0 aliphatic heterocycles. The van der Waals surface area contributed by atoms with E-state index in [2.05, 4.69) is 35.9 Å². The molecule has 0 fully saturated rings. The monoisotopic (exact) mass is 292 g/mol. The number of nitrogens with one attached hydrogen (secondary N) is 1. The van der Waals surface area contributed by atoms with Crippen molar-refractivity contribution in [2.75, 3.05) is 46.5 Å². The zero-order valence-corrected chi connectivity index (χ0v) is 13.3. The number of benzene rings is 1. The number of hydrogen-bond donors (Lipinski definition) is 1. The summed E-state index contributed by atoms with van der Waals surface area (Å²) in [5.74, 6) is 0.927. The van der Waals surface area contributed by atoms with Crippen molar-refractivity contribution in [3.63, 3.8) is 0 Å². The summed E-state index contributed by atoms with van der Waals surface area (Å²) in [5.41, 5.74) is 1.25. The van der Waals surface area contributed by atoms with E-state index >= 15 is 0 Å². The van der Waals surface area contributed by atoms with Crippen LogP contribution in [-0.2, 0) is 11.3 Å². The van der Waals surface area contributed by atoms with E-state index in [1.54, 1.807) is 7.11 Å². The summed E-state index contributed by atoms with van der Waals surface area (Å²) in [6.07, 6.45) is 1.91.